The molecule has 0 saturated carbocycles. The van der Waals surface area contributed by atoms with Gasteiger partial charge in [0, 0.05) is 91.3 Å². The molecule has 4 aromatic rings. The molecule has 2 aromatic heterocycles. The lowest BCUT2D eigenvalue weighted by atomic mass is 10.0. The van der Waals surface area contributed by atoms with Gasteiger partial charge in [-0.1, -0.05) is 49.2 Å². The number of hydrogen-bond donors (Lipinski definition) is 0. The summed E-state index contributed by atoms with van der Waals surface area (Å²) in [6.45, 7) is 9.41. The fourth-order valence-electron chi connectivity index (χ4n) is 5.08. The topological polar surface area (TPSA) is 33.5 Å². The van der Waals surface area contributed by atoms with Gasteiger partial charge >= 0.3 is 0 Å². The van der Waals surface area contributed by atoms with Gasteiger partial charge in [-0.05, 0) is 41.8 Å². The number of pyridine rings is 1. The number of rotatable bonds is 9. The zero-order chi connectivity index (χ0) is 24.9. The van der Waals surface area contributed by atoms with Crippen LogP contribution in [0.1, 0.15) is 30.9 Å². The lowest BCUT2D eigenvalue weighted by Gasteiger charge is -2.35. The Hall–Kier alpha value is -2.86. The van der Waals surface area contributed by atoms with Crippen molar-refractivity contribution in [3.05, 3.63) is 83.1 Å². The van der Waals surface area contributed by atoms with E-state index in [1.807, 2.05) is 24.4 Å². The van der Waals surface area contributed by atoms with Crippen molar-refractivity contribution in [3.8, 4) is 17.0 Å². The second-order valence-corrected chi connectivity index (χ2v) is 10.1. The van der Waals surface area contributed by atoms with E-state index in [-0.39, 0.29) is 0 Å². The minimum absolute atomic E-state index is 0.642. The average Bonchev–Trinajstić information content (AvgIpc) is 3.27. The van der Waals surface area contributed by atoms with Gasteiger partial charge in [-0.25, -0.2) is 4.98 Å². The van der Waals surface area contributed by atoms with Crippen molar-refractivity contribution in [2.24, 2.45) is 0 Å². The van der Waals surface area contributed by atoms with Crippen LogP contribution >= 0.6 is 11.6 Å². The summed E-state index contributed by atoms with van der Waals surface area (Å²) in [6, 6.07) is 19.2. The van der Waals surface area contributed by atoms with E-state index in [1.54, 1.807) is 7.11 Å². The molecule has 0 radical (unpaired) electrons. The summed E-state index contributed by atoms with van der Waals surface area (Å²) in [6.07, 6.45) is 6.56. The fourth-order valence-corrected chi connectivity index (χ4v) is 5.27. The molecule has 36 heavy (non-hydrogen) atoms. The summed E-state index contributed by atoms with van der Waals surface area (Å²) in [7, 11) is 1.65. The SMILES string of the molecule is CCCCn1cc(-c2ccc(OC)nc2)c2cc(CN3CCN(Cc4ccccc4Cl)CC3)ccc21. The number of methoxy groups -OCH3 is 1. The maximum absolute atomic E-state index is 6.38. The molecular weight excluding hydrogens is 468 g/mol. The van der Waals surface area contributed by atoms with Crippen LogP contribution in [-0.2, 0) is 19.6 Å². The number of halogens is 1. The van der Waals surface area contributed by atoms with Crippen LogP contribution in [-0.4, -0.2) is 52.6 Å². The molecule has 0 N–H and O–H groups in total. The second-order valence-electron chi connectivity index (χ2n) is 9.67. The molecule has 2 aromatic carbocycles. The third-order valence-electron chi connectivity index (χ3n) is 7.18. The van der Waals surface area contributed by atoms with Gasteiger partial charge in [-0.2, -0.15) is 0 Å². The normalized spacial score (nSPS) is 15.0. The molecular formula is C30H35ClN4O. The van der Waals surface area contributed by atoms with E-state index in [1.165, 1.54) is 40.4 Å². The second kappa shape index (κ2) is 11.5. The largest absolute Gasteiger partial charge is 0.481 e. The maximum atomic E-state index is 6.38. The number of ether oxygens (including phenoxy) is 1. The molecule has 0 bridgehead atoms. The van der Waals surface area contributed by atoms with E-state index in [2.05, 4.69) is 68.9 Å². The van der Waals surface area contributed by atoms with E-state index >= 15 is 0 Å². The highest BCUT2D eigenvalue weighted by molar-refractivity contribution is 6.31. The number of nitrogens with zero attached hydrogens (tertiary/aromatic N) is 4. The number of fused-ring (bicyclic) bond motifs is 1. The van der Waals surface area contributed by atoms with Gasteiger partial charge < -0.3 is 9.30 Å². The number of benzene rings is 2. The third kappa shape index (κ3) is 5.59. The minimum Gasteiger partial charge on any atom is -0.481 e. The number of unbranched alkanes of at least 4 members (excludes halogenated alkanes) is 1. The summed E-state index contributed by atoms with van der Waals surface area (Å²) in [4.78, 5) is 9.52. The van der Waals surface area contributed by atoms with Gasteiger partial charge in [-0.15, -0.1) is 0 Å². The Morgan fingerprint density at radius 2 is 1.72 bits per heavy atom. The standard InChI is InChI=1S/C30H35ClN4O/c1-3-4-13-35-22-27(24-10-12-30(36-2)32-19-24)26-18-23(9-11-29(26)35)20-33-14-16-34(17-15-33)21-25-7-5-6-8-28(25)31/h5-12,18-19,22H,3-4,13-17,20-21H2,1-2H3. The summed E-state index contributed by atoms with van der Waals surface area (Å²) < 4.78 is 7.67. The van der Waals surface area contributed by atoms with E-state index in [0.717, 1.165) is 56.4 Å². The first kappa shape index (κ1) is 24.8. The van der Waals surface area contributed by atoms with Crippen molar-refractivity contribution >= 4 is 22.5 Å². The van der Waals surface area contributed by atoms with Crippen LogP contribution in [0.25, 0.3) is 22.0 Å². The number of piperazine rings is 1. The van der Waals surface area contributed by atoms with Gasteiger partial charge in [0.2, 0.25) is 5.88 Å². The molecule has 0 amide bonds. The molecule has 188 valence electrons. The molecule has 1 saturated heterocycles. The zero-order valence-electron chi connectivity index (χ0n) is 21.3. The van der Waals surface area contributed by atoms with Gasteiger partial charge in [-0.3, -0.25) is 9.80 Å². The van der Waals surface area contributed by atoms with Crippen LogP contribution in [0.15, 0.2) is 67.0 Å². The smallest absolute Gasteiger partial charge is 0.212 e. The molecule has 5 rings (SSSR count). The molecule has 1 aliphatic rings. The first-order valence-corrected chi connectivity index (χ1v) is 13.3. The lowest BCUT2D eigenvalue weighted by molar-refractivity contribution is 0.122. The van der Waals surface area contributed by atoms with Gasteiger partial charge in [0.1, 0.15) is 0 Å². The quantitative estimate of drug-likeness (QED) is 0.262. The van der Waals surface area contributed by atoms with Crippen LogP contribution in [0.2, 0.25) is 5.02 Å². The Morgan fingerprint density at radius 3 is 2.42 bits per heavy atom. The Balaban J connectivity index is 1.32. The molecule has 0 unspecified atom stereocenters. The van der Waals surface area contributed by atoms with E-state index < -0.39 is 0 Å². The van der Waals surface area contributed by atoms with Gasteiger partial charge in [0.25, 0.3) is 0 Å². The van der Waals surface area contributed by atoms with E-state index in [4.69, 9.17) is 16.3 Å². The molecule has 0 spiro atoms. The van der Waals surface area contributed by atoms with Crippen LogP contribution < -0.4 is 4.74 Å². The van der Waals surface area contributed by atoms with Crippen molar-refractivity contribution in [1.29, 1.82) is 0 Å². The van der Waals surface area contributed by atoms with Crippen LogP contribution in [0.3, 0.4) is 0 Å². The number of hydrogen-bond acceptors (Lipinski definition) is 4. The number of aryl methyl sites for hydroxylation is 1. The lowest BCUT2D eigenvalue weighted by Crippen LogP contribution is -2.45. The van der Waals surface area contributed by atoms with Gasteiger partial charge in [0.15, 0.2) is 0 Å². The molecule has 0 atom stereocenters. The molecule has 1 aliphatic heterocycles. The Labute approximate surface area is 219 Å². The fraction of sp³-hybridized carbons (Fsp3) is 0.367. The van der Waals surface area contributed by atoms with Gasteiger partial charge in [0.05, 0.1) is 7.11 Å². The van der Waals surface area contributed by atoms with Crippen LogP contribution in [0.4, 0.5) is 0 Å². The first-order valence-electron chi connectivity index (χ1n) is 12.9. The average molecular weight is 503 g/mol. The molecule has 1 fully saturated rings. The summed E-state index contributed by atoms with van der Waals surface area (Å²) >= 11 is 6.38. The van der Waals surface area contributed by atoms with Crippen molar-refractivity contribution in [2.75, 3.05) is 33.3 Å². The molecule has 0 aliphatic carbocycles. The van der Waals surface area contributed by atoms with Crippen molar-refractivity contribution in [2.45, 2.75) is 39.4 Å². The number of aromatic nitrogens is 2. The van der Waals surface area contributed by atoms with Crippen molar-refractivity contribution in [3.63, 3.8) is 0 Å². The predicted octanol–water partition coefficient (Wildman–Crippen LogP) is 6.48. The summed E-state index contributed by atoms with van der Waals surface area (Å²) in [5, 5.41) is 2.16. The molecule has 6 heteroatoms. The Morgan fingerprint density at radius 1 is 0.944 bits per heavy atom. The zero-order valence-corrected chi connectivity index (χ0v) is 22.0. The maximum Gasteiger partial charge on any atom is 0.212 e. The monoisotopic (exact) mass is 502 g/mol. The first-order chi connectivity index (χ1) is 17.6. The Kier molecular flexibility index (Phi) is 7.90. The van der Waals surface area contributed by atoms with E-state index in [9.17, 15) is 0 Å². The minimum atomic E-state index is 0.642. The highest BCUT2D eigenvalue weighted by Crippen LogP contribution is 2.32. The van der Waals surface area contributed by atoms with Crippen LogP contribution in [0.5, 0.6) is 5.88 Å². The van der Waals surface area contributed by atoms with Crippen molar-refractivity contribution in [1.82, 2.24) is 19.4 Å². The molecule has 5 nitrogen and oxygen atoms in total. The molecule has 3 heterocycles. The van der Waals surface area contributed by atoms with Crippen molar-refractivity contribution < 1.29 is 4.74 Å². The highest BCUT2D eigenvalue weighted by Gasteiger charge is 2.19. The van der Waals surface area contributed by atoms with E-state index in [0.29, 0.717) is 5.88 Å². The summed E-state index contributed by atoms with van der Waals surface area (Å²) in [5.74, 6) is 0.642. The van der Waals surface area contributed by atoms with Crippen LogP contribution in [0, 0.1) is 0 Å². The highest BCUT2D eigenvalue weighted by atomic mass is 35.5. The Bertz CT molecular complexity index is 1290. The predicted molar refractivity (Wildman–Crippen MR) is 149 cm³/mol. The summed E-state index contributed by atoms with van der Waals surface area (Å²) in [5.41, 5.74) is 6.23. The third-order valence-corrected chi connectivity index (χ3v) is 7.55.